The van der Waals surface area contributed by atoms with Gasteiger partial charge in [0.1, 0.15) is 5.75 Å². The van der Waals surface area contributed by atoms with Crippen LogP contribution in [0.15, 0.2) is 34.9 Å². The number of hydrogen-bond donors (Lipinski definition) is 0. The molecule has 1 saturated heterocycles. The summed E-state index contributed by atoms with van der Waals surface area (Å²) in [4.78, 5) is 32.8. The highest BCUT2D eigenvalue weighted by Gasteiger charge is 2.33. The quantitative estimate of drug-likeness (QED) is 0.727. The van der Waals surface area contributed by atoms with E-state index in [1.165, 1.54) is 0 Å². The van der Waals surface area contributed by atoms with Crippen molar-refractivity contribution in [3.05, 3.63) is 42.0 Å². The molecule has 0 bridgehead atoms. The molecule has 0 saturated carbocycles. The first-order valence-electron chi connectivity index (χ1n) is 9.74. The van der Waals surface area contributed by atoms with Gasteiger partial charge < -0.3 is 19.1 Å². The van der Waals surface area contributed by atoms with Gasteiger partial charge in [-0.05, 0) is 45.2 Å². The number of carbonyl (C=O) groups excluding carboxylic acids is 2. The molecule has 1 aliphatic heterocycles. The maximum absolute atomic E-state index is 12.7. The molecule has 0 radical (unpaired) electrons. The highest BCUT2D eigenvalue weighted by Crippen LogP contribution is 2.29. The summed E-state index contributed by atoms with van der Waals surface area (Å²) in [5.74, 6) is 0.580. The molecular formula is C20H26N4O4. The van der Waals surface area contributed by atoms with Gasteiger partial charge in [0, 0.05) is 19.6 Å². The normalized spacial score (nSPS) is 16.6. The van der Waals surface area contributed by atoms with Crippen molar-refractivity contribution in [1.29, 1.82) is 0 Å². The van der Waals surface area contributed by atoms with E-state index in [9.17, 15) is 9.59 Å². The van der Waals surface area contributed by atoms with Crippen molar-refractivity contribution in [2.45, 2.75) is 39.2 Å². The van der Waals surface area contributed by atoms with Gasteiger partial charge in [0.2, 0.25) is 0 Å². The molecule has 0 N–H and O–H groups in total. The Kier molecular flexibility index (Phi) is 6.62. The first-order chi connectivity index (χ1) is 13.6. The smallest absolute Gasteiger partial charge is 0.316 e. The first kappa shape index (κ1) is 19.9. The van der Waals surface area contributed by atoms with Crippen LogP contribution in [0.25, 0.3) is 0 Å². The van der Waals surface area contributed by atoms with E-state index in [0.29, 0.717) is 31.2 Å². The van der Waals surface area contributed by atoms with Gasteiger partial charge in [0.15, 0.2) is 12.4 Å². The van der Waals surface area contributed by atoms with E-state index in [1.54, 1.807) is 9.80 Å². The lowest BCUT2D eigenvalue weighted by atomic mass is 10.0. The van der Waals surface area contributed by atoms with Crippen molar-refractivity contribution in [2.24, 2.45) is 0 Å². The largest absolute Gasteiger partial charge is 0.484 e. The molecule has 2 heterocycles. The lowest BCUT2D eigenvalue weighted by Crippen LogP contribution is -2.41. The predicted octanol–water partition coefficient (Wildman–Crippen LogP) is 2.68. The van der Waals surface area contributed by atoms with E-state index in [4.69, 9.17) is 9.26 Å². The summed E-state index contributed by atoms with van der Waals surface area (Å²) >= 11 is 0. The van der Waals surface area contributed by atoms with Crippen LogP contribution in [-0.4, -0.2) is 58.0 Å². The number of rotatable bonds is 7. The minimum Gasteiger partial charge on any atom is -0.484 e. The number of piperidine rings is 1. The molecule has 150 valence electrons. The average Bonchev–Trinajstić information content (AvgIpc) is 3.23. The zero-order valence-electron chi connectivity index (χ0n) is 16.3. The van der Waals surface area contributed by atoms with Gasteiger partial charge in [-0.1, -0.05) is 23.4 Å². The van der Waals surface area contributed by atoms with E-state index in [2.05, 4.69) is 10.1 Å². The van der Waals surface area contributed by atoms with Gasteiger partial charge in [0.05, 0.1) is 6.04 Å². The fourth-order valence-corrected chi connectivity index (χ4v) is 3.35. The number of para-hydroxylation sites is 1. The third-order valence-corrected chi connectivity index (χ3v) is 4.90. The number of likely N-dealkylation sites (tertiary alicyclic amines) is 1. The molecule has 0 aliphatic carbocycles. The Hall–Kier alpha value is -2.90. The van der Waals surface area contributed by atoms with Crippen LogP contribution in [0.2, 0.25) is 0 Å². The van der Waals surface area contributed by atoms with Crippen LogP contribution in [0, 0.1) is 0 Å². The monoisotopic (exact) mass is 386 g/mol. The molecule has 0 spiro atoms. The van der Waals surface area contributed by atoms with Crippen molar-refractivity contribution in [2.75, 3.05) is 26.2 Å². The number of benzene rings is 1. The highest BCUT2D eigenvalue weighted by molar-refractivity contribution is 5.89. The summed E-state index contributed by atoms with van der Waals surface area (Å²) in [5.41, 5.74) is 0. The summed E-state index contributed by atoms with van der Waals surface area (Å²) in [5, 5.41) is 3.99. The molecular weight excluding hydrogens is 360 g/mol. The van der Waals surface area contributed by atoms with Gasteiger partial charge in [-0.25, -0.2) is 0 Å². The Bertz CT molecular complexity index is 789. The lowest BCUT2D eigenvalue weighted by molar-refractivity contribution is -0.137. The van der Waals surface area contributed by atoms with Crippen molar-refractivity contribution in [3.63, 3.8) is 0 Å². The van der Waals surface area contributed by atoms with Crippen LogP contribution in [0.5, 0.6) is 5.75 Å². The molecule has 0 unspecified atom stereocenters. The van der Waals surface area contributed by atoms with Crippen molar-refractivity contribution >= 4 is 11.8 Å². The number of ether oxygens (including phenoxy) is 1. The Morgan fingerprint density at radius 1 is 1.21 bits per heavy atom. The fourth-order valence-electron chi connectivity index (χ4n) is 3.35. The number of aromatic nitrogens is 2. The van der Waals surface area contributed by atoms with Crippen LogP contribution in [-0.2, 0) is 4.79 Å². The molecule has 1 fully saturated rings. The number of carbonyl (C=O) groups is 2. The van der Waals surface area contributed by atoms with Crippen molar-refractivity contribution < 1.29 is 18.8 Å². The van der Waals surface area contributed by atoms with Crippen molar-refractivity contribution in [3.8, 4) is 5.75 Å². The SMILES string of the molecule is CCN(CC)C(=O)c1nc([C@H]2CCCCN2C(=O)COc2ccccc2)no1. The maximum Gasteiger partial charge on any atom is 0.316 e. The molecule has 1 atom stereocenters. The van der Waals surface area contributed by atoms with E-state index < -0.39 is 0 Å². The zero-order chi connectivity index (χ0) is 19.9. The van der Waals surface area contributed by atoms with Gasteiger partial charge in [-0.3, -0.25) is 9.59 Å². The Labute approximate surface area is 164 Å². The molecule has 2 aromatic rings. The summed E-state index contributed by atoms with van der Waals surface area (Å²) in [6, 6.07) is 8.93. The Morgan fingerprint density at radius 2 is 1.96 bits per heavy atom. The Balaban J connectivity index is 1.69. The van der Waals surface area contributed by atoms with Crippen LogP contribution in [0.3, 0.4) is 0 Å². The number of amides is 2. The number of hydrogen-bond acceptors (Lipinski definition) is 6. The molecule has 28 heavy (non-hydrogen) atoms. The second-order valence-electron chi connectivity index (χ2n) is 6.64. The standard InChI is InChI=1S/C20H26N4O4/c1-3-23(4-2)20(26)19-21-18(22-28-19)16-12-8-9-13-24(16)17(25)14-27-15-10-6-5-7-11-15/h5-7,10-11,16H,3-4,8-9,12-14H2,1-2H3/t16-/m1/s1. The summed E-state index contributed by atoms with van der Waals surface area (Å²) in [7, 11) is 0. The minimum absolute atomic E-state index is 0.0304. The predicted molar refractivity (Wildman–Crippen MR) is 102 cm³/mol. The Morgan fingerprint density at radius 3 is 2.68 bits per heavy atom. The average molecular weight is 386 g/mol. The highest BCUT2D eigenvalue weighted by atomic mass is 16.5. The fraction of sp³-hybridized carbons (Fsp3) is 0.500. The zero-order valence-corrected chi connectivity index (χ0v) is 16.3. The third-order valence-electron chi connectivity index (χ3n) is 4.90. The van der Waals surface area contributed by atoms with Gasteiger partial charge in [-0.2, -0.15) is 4.98 Å². The minimum atomic E-state index is -0.303. The maximum atomic E-state index is 12.7. The number of nitrogens with zero attached hydrogens (tertiary/aromatic N) is 4. The van der Waals surface area contributed by atoms with Crippen LogP contribution in [0.4, 0.5) is 0 Å². The van der Waals surface area contributed by atoms with E-state index in [0.717, 1.165) is 19.3 Å². The van der Waals surface area contributed by atoms with Crippen LogP contribution in [0.1, 0.15) is 55.7 Å². The topological polar surface area (TPSA) is 88.8 Å². The lowest BCUT2D eigenvalue weighted by Gasteiger charge is -2.33. The van der Waals surface area contributed by atoms with E-state index in [1.807, 2.05) is 44.2 Å². The molecule has 1 aliphatic rings. The molecule has 8 nitrogen and oxygen atoms in total. The van der Waals surface area contributed by atoms with Gasteiger partial charge >= 0.3 is 11.8 Å². The van der Waals surface area contributed by atoms with E-state index >= 15 is 0 Å². The first-order valence-corrected chi connectivity index (χ1v) is 9.74. The second kappa shape index (κ2) is 9.34. The molecule has 1 aromatic heterocycles. The summed E-state index contributed by atoms with van der Waals surface area (Å²) in [6.07, 6.45) is 2.61. The summed E-state index contributed by atoms with van der Waals surface area (Å²) in [6.45, 7) is 5.48. The molecule has 1 aromatic carbocycles. The molecule has 2 amide bonds. The molecule has 3 rings (SSSR count). The van der Waals surface area contributed by atoms with Gasteiger partial charge in [0.25, 0.3) is 5.91 Å². The molecule has 8 heteroatoms. The second-order valence-corrected chi connectivity index (χ2v) is 6.64. The van der Waals surface area contributed by atoms with Crippen LogP contribution < -0.4 is 4.74 Å². The third kappa shape index (κ3) is 4.49. The van der Waals surface area contributed by atoms with E-state index in [-0.39, 0.29) is 30.4 Å². The van der Waals surface area contributed by atoms with Crippen LogP contribution >= 0.6 is 0 Å². The summed E-state index contributed by atoms with van der Waals surface area (Å²) < 4.78 is 10.8. The van der Waals surface area contributed by atoms with Gasteiger partial charge in [-0.15, -0.1) is 0 Å². The van der Waals surface area contributed by atoms with Crippen molar-refractivity contribution in [1.82, 2.24) is 19.9 Å².